The summed E-state index contributed by atoms with van der Waals surface area (Å²) in [5, 5.41) is 5.43. The van der Waals surface area contributed by atoms with Gasteiger partial charge in [-0.3, -0.25) is 4.79 Å². The minimum Gasteiger partial charge on any atom is -0.495 e. The predicted octanol–water partition coefficient (Wildman–Crippen LogP) is 4.37. The SMILES string of the molecule is COc1ccc(C)cc1NC(=O)c1csc(-c2ccc(N3CCCC3)nc2)n1. The van der Waals surface area contributed by atoms with Crippen LogP contribution in [0.3, 0.4) is 0 Å². The number of amides is 1. The van der Waals surface area contributed by atoms with Gasteiger partial charge in [-0.2, -0.15) is 0 Å². The van der Waals surface area contributed by atoms with Crippen LogP contribution in [0.15, 0.2) is 41.9 Å². The molecule has 1 N–H and O–H groups in total. The first-order chi connectivity index (χ1) is 13.6. The fraction of sp³-hybridized carbons (Fsp3) is 0.286. The van der Waals surface area contributed by atoms with Crippen LogP contribution in [0.4, 0.5) is 11.5 Å². The van der Waals surface area contributed by atoms with Crippen molar-refractivity contribution in [1.82, 2.24) is 9.97 Å². The molecular formula is C21H22N4O2S. The van der Waals surface area contributed by atoms with E-state index in [0.717, 1.165) is 35.0 Å². The number of benzene rings is 1. The van der Waals surface area contributed by atoms with Crippen LogP contribution < -0.4 is 15.0 Å². The zero-order valence-corrected chi connectivity index (χ0v) is 16.8. The highest BCUT2D eigenvalue weighted by Gasteiger charge is 2.16. The van der Waals surface area contributed by atoms with Crippen LogP contribution in [-0.4, -0.2) is 36.1 Å². The number of rotatable bonds is 5. The Morgan fingerprint density at radius 3 is 2.75 bits per heavy atom. The molecule has 0 aliphatic carbocycles. The topological polar surface area (TPSA) is 67.3 Å². The molecule has 0 saturated carbocycles. The second-order valence-corrected chi connectivity index (χ2v) is 7.65. The molecule has 2 aromatic heterocycles. The first-order valence-corrected chi connectivity index (χ1v) is 10.1. The smallest absolute Gasteiger partial charge is 0.275 e. The molecule has 7 heteroatoms. The monoisotopic (exact) mass is 394 g/mol. The molecule has 0 bridgehead atoms. The third-order valence-corrected chi connectivity index (χ3v) is 5.66. The fourth-order valence-corrected chi connectivity index (χ4v) is 4.05. The van der Waals surface area contributed by atoms with Gasteiger partial charge in [0.05, 0.1) is 12.8 Å². The van der Waals surface area contributed by atoms with Crippen molar-refractivity contribution in [3.05, 3.63) is 53.2 Å². The van der Waals surface area contributed by atoms with Crippen LogP contribution in [0.2, 0.25) is 0 Å². The van der Waals surface area contributed by atoms with E-state index in [1.54, 1.807) is 12.5 Å². The molecule has 1 aromatic carbocycles. The molecule has 0 atom stereocenters. The van der Waals surface area contributed by atoms with Gasteiger partial charge in [0.25, 0.3) is 5.91 Å². The molecule has 28 heavy (non-hydrogen) atoms. The summed E-state index contributed by atoms with van der Waals surface area (Å²) in [6.07, 6.45) is 4.28. The van der Waals surface area contributed by atoms with Gasteiger partial charge in [0.15, 0.2) is 0 Å². The number of hydrogen-bond donors (Lipinski definition) is 1. The number of thiazole rings is 1. The van der Waals surface area contributed by atoms with Gasteiger partial charge in [0, 0.05) is 30.2 Å². The molecule has 1 fully saturated rings. The Hall–Kier alpha value is -2.93. The normalized spacial score (nSPS) is 13.6. The van der Waals surface area contributed by atoms with E-state index in [2.05, 4.69) is 20.2 Å². The van der Waals surface area contributed by atoms with E-state index in [4.69, 9.17) is 4.74 Å². The highest BCUT2D eigenvalue weighted by molar-refractivity contribution is 7.13. The summed E-state index contributed by atoms with van der Waals surface area (Å²) < 4.78 is 5.32. The Morgan fingerprint density at radius 2 is 2.04 bits per heavy atom. The van der Waals surface area contributed by atoms with Crippen LogP contribution in [0.25, 0.3) is 10.6 Å². The molecule has 144 valence electrons. The van der Waals surface area contributed by atoms with E-state index in [1.165, 1.54) is 24.2 Å². The second-order valence-electron chi connectivity index (χ2n) is 6.79. The lowest BCUT2D eigenvalue weighted by Gasteiger charge is -2.15. The molecule has 3 heterocycles. The lowest BCUT2D eigenvalue weighted by Crippen LogP contribution is -2.18. The average Bonchev–Trinajstić information content (AvgIpc) is 3.41. The van der Waals surface area contributed by atoms with Crippen LogP contribution in [0.1, 0.15) is 28.9 Å². The lowest BCUT2D eigenvalue weighted by molar-refractivity contribution is 0.102. The summed E-state index contributed by atoms with van der Waals surface area (Å²) >= 11 is 1.44. The number of aryl methyl sites for hydroxylation is 1. The third kappa shape index (κ3) is 3.84. The van der Waals surface area contributed by atoms with Crippen molar-refractivity contribution in [3.63, 3.8) is 0 Å². The van der Waals surface area contributed by atoms with Gasteiger partial charge in [-0.1, -0.05) is 6.07 Å². The van der Waals surface area contributed by atoms with Gasteiger partial charge < -0.3 is 15.0 Å². The first-order valence-electron chi connectivity index (χ1n) is 9.27. The summed E-state index contributed by atoms with van der Waals surface area (Å²) in [5.41, 5.74) is 2.98. The van der Waals surface area contributed by atoms with Gasteiger partial charge in [-0.25, -0.2) is 9.97 Å². The highest BCUT2D eigenvalue weighted by Crippen LogP contribution is 2.28. The maximum Gasteiger partial charge on any atom is 0.275 e. The number of pyridine rings is 1. The number of nitrogens with one attached hydrogen (secondary N) is 1. The minimum absolute atomic E-state index is 0.256. The Bertz CT molecular complexity index is 978. The summed E-state index contributed by atoms with van der Waals surface area (Å²) in [7, 11) is 1.58. The molecule has 0 radical (unpaired) electrons. The highest BCUT2D eigenvalue weighted by atomic mass is 32.1. The summed E-state index contributed by atoms with van der Waals surface area (Å²) in [6.45, 7) is 4.10. The van der Waals surface area contributed by atoms with E-state index >= 15 is 0 Å². The number of hydrogen-bond acceptors (Lipinski definition) is 6. The number of methoxy groups -OCH3 is 1. The second kappa shape index (κ2) is 7.98. The number of carbonyl (C=O) groups excluding carboxylic acids is 1. The molecular weight excluding hydrogens is 372 g/mol. The maximum absolute atomic E-state index is 12.6. The molecule has 0 unspecified atom stereocenters. The molecule has 1 amide bonds. The maximum atomic E-state index is 12.6. The average molecular weight is 395 g/mol. The molecule has 6 nitrogen and oxygen atoms in total. The summed E-state index contributed by atoms with van der Waals surface area (Å²) in [6, 6.07) is 9.70. The Morgan fingerprint density at radius 1 is 1.21 bits per heavy atom. The van der Waals surface area contributed by atoms with Crippen molar-refractivity contribution in [2.24, 2.45) is 0 Å². The molecule has 1 saturated heterocycles. The summed E-state index contributed by atoms with van der Waals surface area (Å²) in [4.78, 5) is 24.0. The Labute approximate surface area is 168 Å². The number of anilines is 2. The molecule has 4 rings (SSSR count). The zero-order chi connectivity index (χ0) is 19.5. The lowest BCUT2D eigenvalue weighted by atomic mass is 10.2. The molecule has 1 aliphatic heterocycles. The number of aromatic nitrogens is 2. The molecule has 0 spiro atoms. The van der Waals surface area contributed by atoms with Crippen molar-refractivity contribution in [3.8, 4) is 16.3 Å². The first kappa shape index (κ1) is 18.4. The zero-order valence-electron chi connectivity index (χ0n) is 15.9. The number of carbonyl (C=O) groups is 1. The van der Waals surface area contributed by atoms with Gasteiger partial charge in [-0.05, 0) is 49.6 Å². The van der Waals surface area contributed by atoms with E-state index in [1.807, 2.05) is 43.5 Å². The summed E-state index contributed by atoms with van der Waals surface area (Å²) in [5.74, 6) is 1.37. The quantitative estimate of drug-likeness (QED) is 0.696. The van der Waals surface area contributed by atoms with E-state index in [9.17, 15) is 4.79 Å². The van der Waals surface area contributed by atoms with Crippen molar-refractivity contribution >= 4 is 28.7 Å². The standard InChI is InChI=1S/C21H22N4O2S/c1-14-5-7-18(27-2)16(11-14)23-20(26)17-13-28-21(24-17)15-6-8-19(22-12-15)25-9-3-4-10-25/h5-8,11-13H,3-4,9-10H2,1-2H3,(H,23,26). The molecule has 3 aromatic rings. The number of nitrogens with zero attached hydrogens (tertiary/aromatic N) is 3. The minimum atomic E-state index is -0.256. The van der Waals surface area contributed by atoms with E-state index < -0.39 is 0 Å². The van der Waals surface area contributed by atoms with Crippen LogP contribution in [0, 0.1) is 6.92 Å². The van der Waals surface area contributed by atoms with Crippen LogP contribution in [0.5, 0.6) is 5.75 Å². The van der Waals surface area contributed by atoms with Gasteiger partial charge in [0.2, 0.25) is 0 Å². The third-order valence-electron chi connectivity index (χ3n) is 4.76. The van der Waals surface area contributed by atoms with Crippen molar-refractivity contribution in [1.29, 1.82) is 0 Å². The van der Waals surface area contributed by atoms with Crippen LogP contribution >= 0.6 is 11.3 Å². The Balaban J connectivity index is 1.49. The Kier molecular flexibility index (Phi) is 5.25. The van der Waals surface area contributed by atoms with Crippen LogP contribution in [-0.2, 0) is 0 Å². The van der Waals surface area contributed by atoms with E-state index in [-0.39, 0.29) is 5.91 Å². The van der Waals surface area contributed by atoms with Gasteiger partial charge >= 0.3 is 0 Å². The van der Waals surface area contributed by atoms with Gasteiger partial charge in [-0.15, -0.1) is 11.3 Å². The van der Waals surface area contributed by atoms with Crippen molar-refractivity contribution in [2.45, 2.75) is 19.8 Å². The largest absolute Gasteiger partial charge is 0.495 e. The van der Waals surface area contributed by atoms with Crippen molar-refractivity contribution in [2.75, 3.05) is 30.4 Å². The number of ether oxygens (including phenoxy) is 1. The predicted molar refractivity (Wildman–Crippen MR) is 112 cm³/mol. The van der Waals surface area contributed by atoms with Crippen molar-refractivity contribution < 1.29 is 9.53 Å². The van der Waals surface area contributed by atoms with E-state index in [0.29, 0.717) is 17.1 Å². The molecule has 1 aliphatic rings. The van der Waals surface area contributed by atoms with Gasteiger partial charge in [0.1, 0.15) is 22.3 Å². The fourth-order valence-electron chi connectivity index (χ4n) is 3.26.